The minimum Gasteiger partial charge on any atom is -0.466 e. The number of rotatable bonds is 7. The standard InChI is InChI=1S/C12H17ClN2O3/c1-3-15-11(10(13)8-14-15)7-9(16)5-6-12(17)18-4-2/h8H,3-7H2,1-2H3. The van der Waals surface area contributed by atoms with E-state index in [1.165, 1.54) is 6.20 Å². The number of esters is 1. The van der Waals surface area contributed by atoms with Crippen molar-refractivity contribution in [2.75, 3.05) is 6.61 Å². The van der Waals surface area contributed by atoms with Gasteiger partial charge in [-0.15, -0.1) is 0 Å². The Morgan fingerprint density at radius 2 is 2.11 bits per heavy atom. The van der Waals surface area contributed by atoms with E-state index in [-0.39, 0.29) is 31.0 Å². The third-order valence-corrected chi connectivity index (χ3v) is 2.79. The van der Waals surface area contributed by atoms with Crippen molar-refractivity contribution >= 4 is 23.4 Å². The predicted molar refractivity (Wildman–Crippen MR) is 67.5 cm³/mol. The Hall–Kier alpha value is -1.36. The number of hydrogen-bond donors (Lipinski definition) is 0. The number of nitrogens with zero attached hydrogens (tertiary/aromatic N) is 2. The predicted octanol–water partition coefficient (Wildman–Crippen LogP) is 2.01. The molecule has 0 aliphatic rings. The molecular formula is C12H17ClN2O3. The SMILES string of the molecule is CCOC(=O)CCC(=O)Cc1c(Cl)cnn1CC. The molecule has 0 saturated carbocycles. The van der Waals surface area contributed by atoms with Crippen LogP contribution in [0.15, 0.2) is 6.20 Å². The van der Waals surface area contributed by atoms with Gasteiger partial charge in [-0.1, -0.05) is 11.6 Å². The molecule has 0 unspecified atom stereocenters. The monoisotopic (exact) mass is 272 g/mol. The Labute approximate surface area is 111 Å². The van der Waals surface area contributed by atoms with E-state index < -0.39 is 0 Å². The molecule has 0 atom stereocenters. The lowest BCUT2D eigenvalue weighted by molar-refractivity contribution is -0.144. The van der Waals surface area contributed by atoms with E-state index in [1.807, 2.05) is 6.92 Å². The lowest BCUT2D eigenvalue weighted by Gasteiger charge is -2.05. The largest absolute Gasteiger partial charge is 0.466 e. The van der Waals surface area contributed by atoms with Gasteiger partial charge < -0.3 is 4.74 Å². The van der Waals surface area contributed by atoms with Crippen LogP contribution < -0.4 is 0 Å². The molecular weight excluding hydrogens is 256 g/mol. The summed E-state index contributed by atoms with van der Waals surface area (Å²) in [5.74, 6) is -0.388. The van der Waals surface area contributed by atoms with Crippen molar-refractivity contribution in [3.05, 3.63) is 16.9 Å². The third-order valence-electron chi connectivity index (χ3n) is 2.48. The fraction of sp³-hybridized carbons (Fsp3) is 0.583. The molecule has 0 bridgehead atoms. The topological polar surface area (TPSA) is 61.2 Å². The van der Waals surface area contributed by atoms with Gasteiger partial charge in [0.15, 0.2) is 0 Å². The Morgan fingerprint density at radius 1 is 1.39 bits per heavy atom. The van der Waals surface area contributed by atoms with Crippen LogP contribution in [-0.4, -0.2) is 28.1 Å². The van der Waals surface area contributed by atoms with Crippen LogP contribution >= 0.6 is 11.6 Å². The zero-order chi connectivity index (χ0) is 13.5. The Bertz CT molecular complexity index is 429. The quantitative estimate of drug-likeness (QED) is 0.713. The van der Waals surface area contributed by atoms with Crippen LogP contribution in [0.5, 0.6) is 0 Å². The maximum atomic E-state index is 11.7. The van der Waals surface area contributed by atoms with E-state index >= 15 is 0 Å². The minimum atomic E-state index is -0.346. The molecule has 0 fully saturated rings. The highest BCUT2D eigenvalue weighted by Gasteiger charge is 2.14. The number of hydrogen-bond acceptors (Lipinski definition) is 4. The zero-order valence-corrected chi connectivity index (χ0v) is 11.4. The second-order valence-corrected chi connectivity index (χ2v) is 4.18. The number of halogens is 1. The normalized spacial score (nSPS) is 10.4. The van der Waals surface area contributed by atoms with Crippen LogP contribution in [0.2, 0.25) is 5.02 Å². The molecule has 0 saturated heterocycles. The van der Waals surface area contributed by atoms with Gasteiger partial charge in [0.05, 0.1) is 29.9 Å². The van der Waals surface area contributed by atoms with Crippen LogP contribution in [0.4, 0.5) is 0 Å². The summed E-state index contributed by atoms with van der Waals surface area (Å²) >= 11 is 5.95. The van der Waals surface area contributed by atoms with E-state index in [4.69, 9.17) is 16.3 Å². The Kier molecular flexibility index (Phi) is 5.85. The van der Waals surface area contributed by atoms with Gasteiger partial charge in [-0.25, -0.2) is 0 Å². The van der Waals surface area contributed by atoms with Crippen LogP contribution in [0.3, 0.4) is 0 Å². The molecule has 1 aromatic heterocycles. The van der Waals surface area contributed by atoms with E-state index in [2.05, 4.69) is 5.10 Å². The number of Topliss-reactive ketones (excluding diaryl/α,β-unsaturated/α-hetero) is 1. The van der Waals surface area contributed by atoms with Crippen LogP contribution in [0.25, 0.3) is 0 Å². The molecule has 0 aliphatic heterocycles. The van der Waals surface area contributed by atoms with Crippen LogP contribution in [0, 0.1) is 0 Å². The molecule has 1 aromatic rings. The lowest BCUT2D eigenvalue weighted by Crippen LogP contribution is -2.12. The lowest BCUT2D eigenvalue weighted by atomic mass is 10.1. The summed E-state index contributed by atoms with van der Waals surface area (Å²) in [5.41, 5.74) is 0.702. The van der Waals surface area contributed by atoms with Crippen LogP contribution in [-0.2, 0) is 27.3 Å². The van der Waals surface area contributed by atoms with Gasteiger partial charge >= 0.3 is 5.97 Å². The second kappa shape index (κ2) is 7.16. The molecule has 0 aromatic carbocycles. The highest BCUT2D eigenvalue weighted by Crippen LogP contribution is 2.16. The summed E-state index contributed by atoms with van der Waals surface area (Å²) in [7, 11) is 0. The van der Waals surface area contributed by atoms with Crippen molar-refractivity contribution in [3.8, 4) is 0 Å². The highest BCUT2D eigenvalue weighted by molar-refractivity contribution is 6.31. The molecule has 0 spiro atoms. The van der Waals surface area contributed by atoms with Gasteiger partial charge in [-0.2, -0.15) is 5.10 Å². The molecule has 0 amide bonds. The zero-order valence-electron chi connectivity index (χ0n) is 10.6. The van der Waals surface area contributed by atoms with Gasteiger partial charge in [0.25, 0.3) is 0 Å². The molecule has 0 N–H and O–H groups in total. The van der Waals surface area contributed by atoms with Crippen molar-refractivity contribution in [1.82, 2.24) is 9.78 Å². The molecule has 5 nitrogen and oxygen atoms in total. The average Bonchev–Trinajstić information content (AvgIpc) is 2.68. The summed E-state index contributed by atoms with van der Waals surface area (Å²) in [4.78, 5) is 22.9. The summed E-state index contributed by atoms with van der Waals surface area (Å²) in [6, 6.07) is 0. The summed E-state index contributed by atoms with van der Waals surface area (Å²) in [5, 5.41) is 4.54. The number of carbonyl (C=O) groups excluding carboxylic acids is 2. The van der Waals surface area contributed by atoms with E-state index in [0.29, 0.717) is 23.9 Å². The first-order chi connectivity index (χ1) is 8.58. The summed E-state index contributed by atoms with van der Waals surface area (Å²) in [6.45, 7) is 4.66. The highest BCUT2D eigenvalue weighted by atomic mass is 35.5. The molecule has 1 heterocycles. The smallest absolute Gasteiger partial charge is 0.306 e. The summed E-state index contributed by atoms with van der Waals surface area (Å²) in [6.07, 6.45) is 2.01. The molecule has 1 rings (SSSR count). The maximum Gasteiger partial charge on any atom is 0.306 e. The number of aryl methyl sites for hydroxylation is 1. The Morgan fingerprint density at radius 3 is 2.72 bits per heavy atom. The van der Waals surface area contributed by atoms with Gasteiger partial charge in [0.2, 0.25) is 0 Å². The van der Waals surface area contributed by atoms with Crippen molar-refractivity contribution in [2.45, 2.75) is 39.7 Å². The first kappa shape index (κ1) is 14.7. The van der Waals surface area contributed by atoms with Crippen LogP contribution in [0.1, 0.15) is 32.4 Å². The first-order valence-electron chi connectivity index (χ1n) is 5.96. The van der Waals surface area contributed by atoms with Gasteiger partial charge in [0.1, 0.15) is 5.78 Å². The number of aromatic nitrogens is 2. The van der Waals surface area contributed by atoms with Gasteiger partial charge in [-0.3, -0.25) is 14.3 Å². The van der Waals surface area contributed by atoms with Crippen molar-refractivity contribution in [1.29, 1.82) is 0 Å². The Balaban J connectivity index is 2.49. The van der Waals surface area contributed by atoms with Crippen molar-refractivity contribution in [3.63, 3.8) is 0 Å². The van der Waals surface area contributed by atoms with E-state index in [1.54, 1.807) is 11.6 Å². The van der Waals surface area contributed by atoms with E-state index in [0.717, 1.165) is 0 Å². The molecule has 18 heavy (non-hydrogen) atoms. The summed E-state index contributed by atoms with van der Waals surface area (Å²) < 4.78 is 6.45. The third kappa shape index (κ3) is 4.14. The average molecular weight is 273 g/mol. The molecule has 100 valence electrons. The minimum absolute atomic E-state index is 0.0415. The fourth-order valence-corrected chi connectivity index (χ4v) is 1.79. The number of carbonyl (C=O) groups is 2. The number of ketones is 1. The first-order valence-corrected chi connectivity index (χ1v) is 6.33. The molecule has 0 aliphatic carbocycles. The molecule has 0 radical (unpaired) electrons. The van der Waals surface area contributed by atoms with Crippen molar-refractivity contribution < 1.29 is 14.3 Å². The molecule has 6 heteroatoms. The number of ether oxygens (including phenoxy) is 1. The van der Waals surface area contributed by atoms with E-state index in [9.17, 15) is 9.59 Å². The van der Waals surface area contributed by atoms with Gasteiger partial charge in [-0.05, 0) is 13.8 Å². The second-order valence-electron chi connectivity index (χ2n) is 3.78. The fourth-order valence-electron chi connectivity index (χ4n) is 1.59. The van der Waals surface area contributed by atoms with Crippen molar-refractivity contribution in [2.24, 2.45) is 0 Å². The van der Waals surface area contributed by atoms with Gasteiger partial charge in [0, 0.05) is 19.4 Å². The maximum absolute atomic E-state index is 11.7.